The summed E-state index contributed by atoms with van der Waals surface area (Å²) in [4.78, 5) is 12.1. The van der Waals surface area contributed by atoms with Crippen LogP contribution in [0.4, 0.5) is 0 Å². The Morgan fingerprint density at radius 3 is 3.00 bits per heavy atom. The molecule has 0 radical (unpaired) electrons. The van der Waals surface area contributed by atoms with Gasteiger partial charge in [0, 0.05) is 11.6 Å². The molecule has 8 heteroatoms. The molecule has 0 saturated heterocycles. The molecule has 0 aliphatic rings. The number of amides is 1. The number of nitrogens with zero attached hydrogens (tertiary/aromatic N) is 4. The molecule has 1 aromatic carbocycles. The Bertz CT molecular complexity index is 556. The van der Waals surface area contributed by atoms with Crippen LogP contribution in [-0.4, -0.2) is 39.2 Å². The summed E-state index contributed by atoms with van der Waals surface area (Å²) in [5.41, 5.74) is 6.36. The lowest BCUT2D eigenvalue weighted by Crippen LogP contribution is -2.27. The number of tetrazole rings is 1. The maximum Gasteiger partial charge on any atom is 0.253 e. The number of aromatic nitrogens is 4. The Kier molecular flexibility index (Phi) is 4.43. The average Bonchev–Trinajstić information content (AvgIpc) is 2.92. The molecular formula is C11H13ClN6O. The number of benzene rings is 1. The predicted octanol–water partition coefficient (Wildman–Crippen LogP) is 0.394. The van der Waals surface area contributed by atoms with E-state index in [2.05, 4.69) is 20.8 Å². The van der Waals surface area contributed by atoms with Crippen LogP contribution in [0.25, 0.3) is 5.69 Å². The van der Waals surface area contributed by atoms with E-state index in [0.29, 0.717) is 35.8 Å². The molecule has 2 rings (SSSR count). The molecule has 0 aliphatic heterocycles. The number of rotatable bonds is 5. The number of hydrogen-bond donors (Lipinski definition) is 2. The molecule has 1 aromatic heterocycles. The molecule has 100 valence electrons. The Morgan fingerprint density at radius 1 is 1.47 bits per heavy atom. The summed E-state index contributed by atoms with van der Waals surface area (Å²) in [5.74, 6) is -0.235. The zero-order valence-corrected chi connectivity index (χ0v) is 10.8. The monoisotopic (exact) mass is 280 g/mol. The minimum Gasteiger partial charge on any atom is -0.352 e. The Labute approximate surface area is 114 Å². The highest BCUT2D eigenvalue weighted by molar-refractivity contribution is 6.31. The second-order valence-corrected chi connectivity index (χ2v) is 4.25. The van der Waals surface area contributed by atoms with Gasteiger partial charge >= 0.3 is 0 Å². The first kappa shape index (κ1) is 13.4. The Balaban J connectivity index is 2.27. The van der Waals surface area contributed by atoms with Crippen LogP contribution >= 0.6 is 11.6 Å². The van der Waals surface area contributed by atoms with Crippen LogP contribution in [0.2, 0.25) is 5.02 Å². The van der Waals surface area contributed by atoms with Gasteiger partial charge in [0.1, 0.15) is 6.33 Å². The fourth-order valence-electron chi connectivity index (χ4n) is 1.56. The minimum absolute atomic E-state index is 0.235. The highest BCUT2D eigenvalue weighted by atomic mass is 35.5. The van der Waals surface area contributed by atoms with Crippen LogP contribution in [0.3, 0.4) is 0 Å². The van der Waals surface area contributed by atoms with E-state index in [4.69, 9.17) is 17.3 Å². The van der Waals surface area contributed by atoms with Crippen molar-refractivity contribution in [3.05, 3.63) is 35.1 Å². The van der Waals surface area contributed by atoms with Crippen molar-refractivity contribution in [3.63, 3.8) is 0 Å². The number of carbonyl (C=O) groups excluding carboxylic acids is 1. The number of carbonyl (C=O) groups is 1. The summed E-state index contributed by atoms with van der Waals surface area (Å²) in [6, 6.07) is 4.95. The van der Waals surface area contributed by atoms with Gasteiger partial charge in [-0.2, -0.15) is 4.68 Å². The van der Waals surface area contributed by atoms with Crippen molar-refractivity contribution in [2.24, 2.45) is 5.73 Å². The summed E-state index contributed by atoms with van der Waals surface area (Å²) in [6.45, 7) is 1.03. The van der Waals surface area contributed by atoms with Crippen molar-refractivity contribution < 1.29 is 4.79 Å². The summed E-state index contributed by atoms with van der Waals surface area (Å²) < 4.78 is 1.41. The van der Waals surface area contributed by atoms with Crippen LogP contribution in [0.15, 0.2) is 24.5 Å². The molecule has 0 unspecified atom stereocenters. The van der Waals surface area contributed by atoms with E-state index in [1.54, 1.807) is 18.2 Å². The van der Waals surface area contributed by atoms with Gasteiger partial charge in [0.25, 0.3) is 5.91 Å². The van der Waals surface area contributed by atoms with E-state index in [1.807, 2.05) is 0 Å². The number of nitrogens with two attached hydrogens (primary N) is 1. The maximum absolute atomic E-state index is 12.1. The van der Waals surface area contributed by atoms with Crippen molar-refractivity contribution in [1.29, 1.82) is 0 Å². The van der Waals surface area contributed by atoms with Gasteiger partial charge in [-0.15, -0.1) is 5.10 Å². The number of halogens is 1. The third kappa shape index (κ3) is 3.27. The SMILES string of the molecule is NCCCNC(=O)c1cc(Cl)ccc1-n1cnnn1. The van der Waals surface area contributed by atoms with Gasteiger partial charge < -0.3 is 11.1 Å². The zero-order valence-electron chi connectivity index (χ0n) is 10.1. The molecule has 0 atom stereocenters. The van der Waals surface area contributed by atoms with Crippen molar-refractivity contribution >= 4 is 17.5 Å². The topological polar surface area (TPSA) is 98.7 Å². The standard InChI is InChI=1S/C11H13ClN6O/c12-8-2-3-10(18-7-15-16-17-18)9(6-8)11(19)14-5-1-4-13/h2-3,6-7H,1,4-5,13H2,(H,14,19). The first-order valence-corrected chi connectivity index (χ1v) is 6.11. The fraction of sp³-hybridized carbons (Fsp3) is 0.273. The second-order valence-electron chi connectivity index (χ2n) is 3.81. The van der Waals surface area contributed by atoms with Crippen molar-refractivity contribution in [3.8, 4) is 5.69 Å². The first-order valence-electron chi connectivity index (χ1n) is 5.73. The van der Waals surface area contributed by atoms with Crippen LogP contribution in [0, 0.1) is 0 Å². The van der Waals surface area contributed by atoms with Crippen molar-refractivity contribution in [2.75, 3.05) is 13.1 Å². The molecule has 0 saturated carbocycles. The molecule has 1 amide bonds. The smallest absolute Gasteiger partial charge is 0.253 e. The third-order valence-electron chi connectivity index (χ3n) is 2.47. The molecule has 2 aromatic rings. The van der Waals surface area contributed by atoms with Gasteiger partial charge in [-0.25, -0.2) is 0 Å². The Morgan fingerprint density at radius 2 is 2.32 bits per heavy atom. The van der Waals surface area contributed by atoms with Crippen LogP contribution in [0.5, 0.6) is 0 Å². The van der Waals surface area contributed by atoms with E-state index < -0.39 is 0 Å². The quantitative estimate of drug-likeness (QED) is 0.772. The molecule has 0 aliphatic carbocycles. The van der Waals surface area contributed by atoms with Gasteiger partial charge in [0.2, 0.25) is 0 Å². The van der Waals surface area contributed by atoms with Gasteiger partial charge in [0.15, 0.2) is 0 Å². The normalized spacial score (nSPS) is 10.4. The van der Waals surface area contributed by atoms with Crippen LogP contribution in [0.1, 0.15) is 16.8 Å². The molecule has 7 nitrogen and oxygen atoms in total. The average molecular weight is 281 g/mol. The highest BCUT2D eigenvalue weighted by Gasteiger charge is 2.14. The highest BCUT2D eigenvalue weighted by Crippen LogP contribution is 2.18. The van der Waals surface area contributed by atoms with Gasteiger partial charge in [0.05, 0.1) is 11.3 Å². The van der Waals surface area contributed by atoms with Gasteiger partial charge in [-0.05, 0) is 41.6 Å². The van der Waals surface area contributed by atoms with Gasteiger partial charge in [-0.3, -0.25) is 4.79 Å². The van der Waals surface area contributed by atoms with E-state index in [9.17, 15) is 4.79 Å². The molecular weight excluding hydrogens is 268 g/mol. The first-order chi connectivity index (χ1) is 9.22. The van der Waals surface area contributed by atoms with Crippen molar-refractivity contribution in [1.82, 2.24) is 25.5 Å². The van der Waals surface area contributed by atoms with Crippen LogP contribution in [-0.2, 0) is 0 Å². The molecule has 0 spiro atoms. The minimum atomic E-state index is -0.235. The molecule has 0 bridgehead atoms. The molecule has 0 fully saturated rings. The third-order valence-corrected chi connectivity index (χ3v) is 2.70. The largest absolute Gasteiger partial charge is 0.352 e. The summed E-state index contributed by atoms with van der Waals surface area (Å²) in [7, 11) is 0. The Hall–Kier alpha value is -1.99. The number of hydrogen-bond acceptors (Lipinski definition) is 5. The summed E-state index contributed by atoms with van der Waals surface area (Å²) in [5, 5.41) is 14.1. The van der Waals surface area contributed by atoms with E-state index in [1.165, 1.54) is 11.0 Å². The fourth-order valence-corrected chi connectivity index (χ4v) is 1.73. The number of nitrogens with one attached hydrogen (secondary N) is 1. The van der Waals surface area contributed by atoms with Crippen LogP contribution < -0.4 is 11.1 Å². The predicted molar refractivity (Wildman–Crippen MR) is 70.2 cm³/mol. The molecule has 19 heavy (non-hydrogen) atoms. The lowest BCUT2D eigenvalue weighted by Gasteiger charge is -2.09. The van der Waals surface area contributed by atoms with Crippen molar-refractivity contribution in [2.45, 2.75) is 6.42 Å². The second kappa shape index (κ2) is 6.26. The lowest BCUT2D eigenvalue weighted by molar-refractivity contribution is 0.0953. The molecule has 1 heterocycles. The van der Waals surface area contributed by atoms with E-state index in [0.717, 1.165) is 0 Å². The maximum atomic E-state index is 12.1. The summed E-state index contributed by atoms with van der Waals surface area (Å²) in [6.07, 6.45) is 2.13. The zero-order chi connectivity index (χ0) is 13.7. The summed E-state index contributed by atoms with van der Waals surface area (Å²) >= 11 is 5.92. The molecule has 3 N–H and O–H groups in total. The lowest BCUT2D eigenvalue weighted by atomic mass is 10.1. The van der Waals surface area contributed by atoms with E-state index in [-0.39, 0.29) is 5.91 Å². The van der Waals surface area contributed by atoms with Gasteiger partial charge in [-0.1, -0.05) is 11.6 Å². The van der Waals surface area contributed by atoms with E-state index >= 15 is 0 Å².